The molecule has 4 heteroatoms. The van der Waals surface area contributed by atoms with Gasteiger partial charge in [0.1, 0.15) is 0 Å². The van der Waals surface area contributed by atoms with Gasteiger partial charge in [0, 0.05) is 12.3 Å². The summed E-state index contributed by atoms with van der Waals surface area (Å²) in [6.07, 6.45) is 2.32. The third-order valence-electron chi connectivity index (χ3n) is 1.10. The van der Waals surface area contributed by atoms with E-state index in [9.17, 15) is 4.79 Å². The number of amides is 2. The van der Waals surface area contributed by atoms with Crippen molar-refractivity contribution in [3.63, 3.8) is 0 Å². The number of unbranched alkanes of at least 4 members (excludes halogenated alkanes) is 1. The van der Waals surface area contributed by atoms with Crippen LogP contribution in [0.1, 0.15) is 26.7 Å². The molecule has 0 aliphatic heterocycles. The van der Waals surface area contributed by atoms with Crippen molar-refractivity contribution in [1.29, 1.82) is 0 Å². The molecule has 2 amide bonds. The van der Waals surface area contributed by atoms with Crippen molar-refractivity contribution in [2.24, 2.45) is 0 Å². The monoisotopic (exact) mass is 176 g/mol. The number of rotatable bonds is 5. The third kappa shape index (κ3) is 7.52. The first-order valence-electron chi connectivity index (χ1n) is 3.96. The Kier molecular flexibility index (Phi) is 7.46. The van der Waals surface area contributed by atoms with Gasteiger partial charge in [0.15, 0.2) is 0 Å². The van der Waals surface area contributed by atoms with Crippen LogP contribution in [-0.4, -0.2) is 18.3 Å². The molecular formula is C7H16N2OS. The standard InChI is InChI=1S/C7H16N2OS/c1-3-5-6-11-9-7(10)8-4-2/h3-6H2,1-2H3,(H2,8,9,10). The maximum atomic E-state index is 10.8. The predicted molar refractivity (Wildman–Crippen MR) is 49.6 cm³/mol. The molecule has 0 atom stereocenters. The van der Waals surface area contributed by atoms with Gasteiger partial charge in [-0.05, 0) is 25.3 Å². The van der Waals surface area contributed by atoms with Gasteiger partial charge in [-0.2, -0.15) is 0 Å². The van der Waals surface area contributed by atoms with Crippen LogP contribution < -0.4 is 10.0 Å². The SMILES string of the molecule is CCCCSNC(=O)NCC. The van der Waals surface area contributed by atoms with Gasteiger partial charge in [0.2, 0.25) is 0 Å². The molecule has 0 saturated heterocycles. The van der Waals surface area contributed by atoms with E-state index in [1.807, 2.05) is 6.92 Å². The van der Waals surface area contributed by atoms with E-state index in [0.717, 1.165) is 12.2 Å². The second kappa shape index (κ2) is 7.72. The summed E-state index contributed by atoms with van der Waals surface area (Å²) in [6.45, 7) is 4.71. The summed E-state index contributed by atoms with van der Waals surface area (Å²) in [6, 6.07) is -0.0893. The Morgan fingerprint density at radius 3 is 2.73 bits per heavy atom. The lowest BCUT2D eigenvalue weighted by molar-refractivity contribution is 0.247. The van der Waals surface area contributed by atoms with Crippen molar-refractivity contribution < 1.29 is 4.79 Å². The molecule has 3 nitrogen and oxygen atoms in total. The van der Waals surface area contributed by atoms with Crippen LogP contribution in [0.5, 0.6) is 0 Å². The summed E-state index contributed by atoms with van der Waals surface area (Å²) in [5, 5.41) is 2.65. The number of hydrogen-bond acceptors (Lipinski definition) is 2. The van der Waals surface area contributed by atoms with Crippen molar-refractivity contribution in [2.45, 2.75) is 26.7 Å². The zero-order valence-corrected chi connectivity index (χ0v) is 7.96. The van der Waals surface area contributed by atoms with Gasteiger partial charge in [0.05, 0.1) is 0 Å². The lowest BCUT2D eigenvalue weighted by Crippen LogP contribution is -2.31. The maximum Gasteiger partial charge on any atom is 0.324 e. The van der Waals surface area contributed by atoms with E-state index in [-0.39, 0.29) is 6.03 Å². The first kappa shape index (κ1) is 10.6. The number of nitrogens with one attached hydrogen (secondary N) is 2. The van der Waals surface area contributed by atoms with Crippen molar-refractivity contribution in [3.8, 4) is 0 Å². The molecule has 0 aromatic heterocycles. The van der Waals surface area contributed by atoms with Crippen LogP contribution >= 0.6 is 11.9 Å². The Balaban J connectivity index is 3.04. The second-order valence-corrected chi connectivity index (χ2v) is 3.06. The summed E-state index contributed by atoms with van der Waals surface area (Å²) in [5.74, 6) is 0.994. The van der Waals surface area contributed by atoms with Crippen molar-refractivity contribution in [2.75, 3.05) is 12.3 Å². The van der Waals surface area contributed by atoms with Crippen molar-refractivity contribution in [1.82, 2.24) is 10.0 Å². The van der Waals surface area contributed by atoms with E-state index < -0.39 is 0 Å². The van der Waals surface area contributed by atoms with Crippen LogP contribution in [0, 0.1) is 0 Å². The summed E-state index contributed by atoms with van der Waals surface area (Å²) >= 11 is 1.46. The van der Waals surface area contributed by atoms with Crippen LogP contribution in [0.25, 0.3) is 0 Å². The molecule has 0 aliphatic carbocycles. The van der Waals surface area contributed by atoms with Gasteiger partial charge < -0.3 is 5.32 Å². The van der Waals surface area contributed by atoms with Crippen molar-refractivity contribution in [3.05, 3.63) is 0 Å². The fraction of sp³-hybridized carbons (Fsp3) is 0.857. The van der Waals surface area contributed by atoms with Gasteiger partial charge in [0.25, 0.3) is 0 Å². The van der Waals surface area contributed by atoms with Crippen LogP contribution in [0.4, 0.5) is 4.79 Å². The molecule has 0 unspecified atom stereocenters. The fourth-order valence-corrected chi connectivity index (χ4v) is 1.27. The van der Waals surface area contributed by atoms with E-state index in [1.54, 1.807) is 0 Å². The first-order valence-corrected chi connectivity index (χ1v) is 4.95. The quantitative estimate of drug-likeness (QED) is 0.495. The van der Waals surface area contributed by atoms with E-state index >= 15 is 0 Å². The maximum absolute atomic E-state index is 10.8. The number of urea groups is 1. The molecule has 0 radical (unpaired) electrons. The molecule has 2 N–H and O–H groups in total. The van der Waals surface area contributed by atoms with E-state index in [1.165, 1.54) is 18.4 Å². The van der Waals surface area contributed by atoms with Crippen LogP contribution in [0.2, 0.25) is 0 Å². The van der Waals surface area contributed by atoms with E-state index in [0.29, 0.717) is 6.54 Å². The molecule has 0 fully saturated rings. The van der Waals surface area contributed by atoms with Gasteiger partial charge in [-0.1, -0.05) is 13.3 Å². The normalized spacial score (nSPS) is 9.27. The zero-order valence-electron chi connectivity index (χ0n) is 7.14. The summed E-state index contributed by atoms with van der Waals surface area (Å²) < 4.78 is 2.68. The van der Waals surface area contributed by atoms with Crippen LogP contribution in [0.15, 0.2) is 0 Å². The lowest BCUT2D eigenvalue weighted by Gasteiger charge is -2.03. The minimum Gasteiger partial charge on any atom is -0.338 e. The smallest absolute Gasteiger partial charge is 0.324 e. The lowest BCUT2D eigenvalue weighted by atomic mass is 10.4. The molecule has 0 aromatic rings. The summed E-state index contributed by atoms with van der Waals surface area (Å²) in [4.78, 5) is 10.8. The first-order chi connectivity index (χ1) is 5.31. The van der Waals surface area contributed by atoms with E-state index in [4.69, 9.17) is 0 Å². The minimum atomic E-state index is -0.0893. The molecular weight excluding hydrogens is 160 g/mol. The highest BCUT2D eigenvalue weighted by Crippen LogP contribution is 1.98. The number of carbonyl (C=O) groups excluding carboxylic acids is 1. The Bertz CT molecular complexity index is 109. The summed E-state index contributed by atoms with van der Waals surface area (Å²) in [7, 11) is 0. The van der Waals surface area contributed by atoms with Gasteiger partial charge >= 0.3 is 6.03 Å². The minimum absolute atomic E-state index is 0.0893. The molecule has 0 spiro atoms. The largest absolute Gasteiger partial charge is 0.338 e. The van der Waals surface area contributed by atoms with Crippen molar-refractivity contribution >= 4 is 18.0 Å². The van der Waals surface area contributed by atoms with Gasteiger partial charge in [-0.15, -0.1) is 0 Å². The Labute approximate surface area is 72.4 Å². The summed E-state index contributed by atoms with van der Waals surface area (Å²) in [5.41, 5.74) is 0. The average molecular weight is 176 g/mol. The fourth-order valence-electron chi connectivity index (χ4n) is 0.530. The van der Waals surface area contributed by atoms with Gasteiger partial charge in [-0.3, -0.25) is 4.72 Å². The average Bonchev–Trinajstić information content (AvgIpc) is 1.99. The molecule has 0 saturated carbocycles. The molecule has 0 aliphatic rings. The molecule has 11 heavy (non-hydrogen) atoms. The molecule has 0 bridgehead atoms. The Morgan fingerprint density at radius 2 is 2.18 bits per heavy atom. The number of hydrogen-bond donors (Lipinski definition) is 2. The second-order valence-electron chi connectivity index (χ2n) is 2.16. The number of carbonyl (C=O) groups is 1. The highest BCUT2D eigenvalue weighted by molar-refractivity contribution is 7.97. The molecule has 0 aromatic carbocycles. The van der Waals surface area contributed by atoms with Gasteiger partial charge in [-0.25, -0.2) is 4.79 Å². The zero-order chi connectivity index (χ0) is 8.53. The molecule has 0 heterocycles. The molecule has 66 valence electrons. The highest BCUT2D eigenvalue weighted by atomic mass is 32.2. The Hall–Kier alpha value is -0.380. The molecule has 0 rings (SSSR count). The third-order valence-corrected chi connectivity index (χ3v) is 1.92. The van der Waals surface area contributed by atoms with Crippen LogP contribution in [0.3, 0.4) is 0 Å². The Morgan fingerprint density at radius 1 is 1.45 bits per heavy atom. The van der Waals surface area contributed by atoms with Crippen LogP contribution in [-0.2, 0) is 0 Å². The predicted octanol–water partition coefficient (Wildman–Crippen LogP) is 1.75. The van der Waals surface area contributed by atoms with E-state index in [2.05, 4.69) is 17.0 Å². The topological polar surface area (TPSA) is 41.1 Å². The highest BCUT2D eigenvalue weighted by Gasteiger charge is 1.94.